The van der Waals surface area contributed by atoms with E-state index in [1.807, 2.05) is 28.8 Å². The molecule has 7 heteroatoms. The molecule has 1 N–H and O–H groups in total. The zero-order valence-electron chi connectivity index (χ0n) is 15.8. The van der Waals surface area contributed by atoms with Gasteiger partial charge in [-0.15, -0.1) is 0 Å². The molecule has 29 heavy (non-hydrogen) atoms. The molecule has 0 fully saturated rings. The van der Waals surface area contributed by atoms with Gasteiger partial charge in [-0.25, -0.2) is 4.79 Å². The van der Waals surface area contributed by atoms with E-state index in [4.69, 9.17) is 10.00 Å². The minimum absolute atomic E-state index is 0.237. The topological polar surface area (TPSA) is 101 Å². The molecule has 0 bridgehead atoms. The monoisotopic (exact) mass is 389 g/mol. The number of benzene rings is 2. The van der Waals surface area contributed by atoms with Crippen LogP contribution < -0.4 is 5.32 Å². The fraction of sp³-hybridized carbons (Fsp3) is 0.182. The number of ketones is 1. The second-order valence-electron chi connectivity index (χ2n) is 6.42. The van der Waals surface area contributed by atoms with Crippen molar-refractivity contribution in [1.29, 1.82) is 5.26 Å². The Morgan fingerprint density at radius 3 is 2.69 bits per heavy atom. The Kier molecular flexibility index (Phi) is 6.05. The summed E-state index contributed by atoms with van der Waals surface area (Å²) in [6.45, 7) is 1.44. The van der Waals surface area contributed by atoms with Crippen LogP contribution in [0.15, 0.2) is 54.7 Å². The van der Waals surface area contributed by atoms with Gasteiger partial charge in [-0.3, -0.25) is 9.59 Å². The Balaban J connectivity index is 1.73. The van der Waals surface area contributed by atoms with Crippen molar-refractivity contribution in [1.82, 2.24) is 4.57 Å². The van der Waals surface area contributed by atoms with Crippen molar-refractivity contribution in [2.24, 2.45) is 0 Å². The van der Waals surface area contributed by atoms with Crippen molar-refractivity contribution in [3.63, 3.8) is 0 Å². The molecule has 146 valence electrons. The van der Waals surface area contributed by atoms with Gasteiger partial charge in [0.15, 0.2) is 6.61 Å². The van der Waals surface area contributed by atoms with E-state index in [0.717, 1.165) is 10.9 Å². The molecule has 0 aliphatic carbocycles. The Hall–Kier alpha value is -3.92. The van der Waals surface area contributed by atoms with Crippen LogP contribution in [0.2, 0.25) is 0 Å². The van der Waals surface area contributed by atoms with Crippen molar-refractivity contribution in [3.8, 4) is 6.07 Å². The normalized spacial score (nSPS) is 10.3. The van der Waals surface area contributed by atoms with Gasteiger partial charge in [0.05, 0.1) is 18.1 Å². The average Bonchev–Trinajstić information content (AvgIpc) is 3.09. The summed E-state index contributed by atoms with van der Waals surface area (Å²) in [7, 11) is 0. The maximum Gasteiger partial charge on any atom is 0.338 e. The number of fused-ring (bicyclic) bond motifs is 1. The Labute approximate surface area is 167 Å². The van der Waals surface area contributed by atoms with Crippen molar-refractivity contribution in [3.05, 3.63) is 65.9 Å². The molecule has 1 amide bonds. The second kappa shape index (κ2) is 8.85. The summed E-state index contributed by atoms with van der Waals surface area (Å²) in [4.78, 5) is 36.1. The number of carbonyl (C=O) groups excluding carboxylic acids is 3. The SMILES string of the molecule is CC(=O)Nc1cccc(C(=O)OCC(=O)c2cn(CCC#N)c3ccccc23)c1. The second-order valence-corrected chi connectivity index (χ2v) is 6.42. The molecule has 1 aromatic heterocycles. The van der Waals surface area contributed by atoms with Crippen LogP contribution in [0, 0.1) is 11.3 Å². The number of nitrogens with zero attached hydrogens (tertiary/aromatic N) is 2. The van der Waals surface area contributed by atoms with Crippen LogP contribution >= 0.6 is 0 Å². The van der Waals surface area contributed by atoms with E-state index in [0.29, 0.717) is 24.2 Å². The van der Waals surface area contributed by atoms with Gasteiger partial charge in [-0.2, -0.15) is 5.26 Å². The highest BCUT2D eigenvalue weighted by atomic mass is 16.5. The summed E-state index contributed by atoms with van der Waals surface area (Å²) in [5.74, 6) is -1.24. The third-order valence-corrected chi connectivity index (χ3v) is 4.31. The lowest BCUT2D eigenvalue weighted by Gasteiger charge is -2.06. The van der Waals surface area contributed by atoms with E-state index < -0.39 is 12.6 Å². The maximum absolute atomic E-state index is 12.7. The van der Waals surface area contributed by atoms with E-state index in [9.17, 15) is 14.4 Å². The summed E-state index contributed by atoms with van der Waals surface area (Å²) < 4.78 is 7.03. The number of para-hydroxylation sites is 1. The van der Waals surface area contributed by atoms with Crippen LogP contribution in [-0.2, 0) is 16.1 Å². The molecule has 3 rings (SSSR count). The number of nitrogens with one attached hydrogen (secondary N) is 1. The highest BCUT2D eigenvalue weighted by molar-refractivity contribution is 6.09. The summed E-state index contributed by atoms with van der Waals surface area (Å²) in [6, 6.07) is 15.8. The largest absolute Gasteiger partial charge is 0.454 e. The first kappa shape index (κ1) is 19.8. The first-order chi connectivity index (χ1) is 14.0. The number of hydrogen-bond donors (Lipinski definition) is 1. The summed E-state index contributed by atoms with van der Waals surface area (Å²) >= 11 is 0. The smallest absolute Gasteiger partial charge is 0.338 e. The maximum atomic E-state index is 12.7. The quantitative estimate of drug-likeness (QED) is 0.492. The third-order valence-electron chi connectivity index (χ3n) is 4.31. The van der Waals surface area contributed by atoms with Crippen molar-refractivity contribution >= 4 is 34.3 Å². The third kappa shape index (κ3) is 4.68. The van der Waals surface area contributed by atoms with E-state index in [2.05, 4.69) is 11.4 Å². The number of Topliss-reactive ketones (excluding diaryl/α,β-unsaturated/α-hetero) is 1. The lowest BCUT2D eigenvalue weighted by molar-refractivity contribution is -0.114. The predicted octanol–water partition coefficient (Wildman–Crippen LogP) is 3.55. The highest BCUT2D eigenvalue weighted by Gasteiger charge is 2.17. The number of aryl methyl sites for hydroxylation is 1. The first-order valence-electron chi connectivity index (χ1n) is 9.02. The molecule has 7 nitrogen and oxygen atoms in total. The van der Waals surface area contributed by atoms with Gasteiger partial charge in [-0.05, 0) is 24.3 Å². The number of amides is 1. The zero-order chi connectivity index (χ0) is 20.8. The summed E-state index contributed by atoms with van der Waals surface area (Å²) in [5.41, 5.74) is 2.00. The lowest BCUT2D eigenvalue weighted by Crippen LogP contribution is -2.14. The number of nitriles is 1. The van der Waals surface area contributed by atoms with E-state index >= 15 is 0 Å². The average molecular weight is 389 g/mol. The Bertz CT molecular complexity index is 1120. The van der Waals surface area contributed by atoms with Gasteiger partial charge in [0.25, 0.3) is 0 Å². The number of hydrogen-bond acceptors (Lipinski definition) is 5. The van der Waals surface area contributed by atoms with Crippen LogP contribution in [0.4, 0.5) is 5.69 Å². The molecule has 0 unspecified atom stereocenters. The lowest BCUT2D eigenvalue weighted by atomic mass is 10.1. The number of ether oxygens (including phenoxy) is 1. The molecule has 0 saturated carbocycles. The molecular weight excluding hydrogens is 370 g/mol. The molecule has 0 radical (unpaired) electrons. The predicted molar refractivity (Wildman–Crippen MR) is 108 cm³/mol. The Morgan fingerprint density at radius 2 is 1.93 bits per heavy atom. The highest BCUT2D eigenvalue weighted by Crippen LogP contribution is 2.22. The number of esters is 1. The van der Waals surface area contributed by atoms with Crippen LogP contribution in [0.1, 0.15) is 34.1 Å². The fourth-order valence-electron chi connectivity index (χ4n) is 3.04. The molecule has 0 aliphatic rings. The number of aromatic nitrogens is 1. The fourth-order valence-corrected chi connectivity index (χ4v) is 3.04. The van der Waals surface area contributed by atoms with E-state index in [-0.39, 0.29) is 17.3 Å². The molecule has 2 aromatic carbocycles. The molecule has 3 aromatic rings. The number of anilines is 1. The Morgan fingerprint density at radius 1 is 1.14 bits per heavy atom. The van der Waals surface area contributed by atoms with Crippen molar-refractivity contribution in [2.75, 3.05) is 11.9 Å². The molecule has 0 atom stereocenters. The van der Waals surface area contributed by atoms with Crippen LogP contribution in [-0.4, -0.2) is 28.8 Å². The van der Waals surface area contributed by atoms with Crippen LogP contribution in [0.25, 0.3) is 10.9 Å². The van der Waals surface area contributed by atoms with Crippen molar-refractivity contribution < 1.29 is 19.1 Å². The minimum Gasteiger partial charge on any atom is -0.454 e. The van der Waals surface area contributed by atoms with Crippen LogP contribution in [0.3, 0.4) is 0 Å². The number of rotatable bonds is 7. The van der Waals surface area contributed by atoms with E-state index in [1.54, 1.807) is 24.4 Å². The van der Waals surface area contributed by atoms with Crippen LogP contribution in [0.5, 0.6) is 0 Å². The van der Waals surface area contributed by atoms with Gasteiger partial charge in [0.2, 0.25) is 11.7 Å². The number of carbonyl (C=O) groups is 3. The van der Waals surface area contributed by atoms with E-state index in [1.165, 1.54) is 13.0 Å². The molecule has 0 saturated heterocycles. The van der Waals surface area contributed by atoms with Crippen molar-refractivity contribution in [2.45, 2.75) is 19.9 Å². The first-order valence-corrected chi connectivity index (χ1v) is 9.02. The van der Waals surface area contributed by atoms with Gasteiger partial charge in [-0.1, -0.05) is 24.3 Å². The summed E-state index contributed by atoms with van der Waals surface area (Å²) in [6.07, 6.45) is 2.02. The van der Waals surface area contributed by atoms with Gasteiger partial charge in [0, 0.05) is 41.8 Å². The molecular formula is C22H19N3O4. The minimum atomic E-state index is -0.654. The molecule has 0 aliphatic heterocycles. The van der Waals surface area contributed by atoms with Gasteiger partial charge in [0.1, 0.15) is 0 Å². The zero-order valence-corrected chi connectivity index (χ0v) is 15.8. The molecule has 1 heterocycles. The summed E-state index contributed by atoms with van der Waals surface area (Å²) in [5, 5.41) is 12.2. The molecule has 0 spiro atoms. The standard InChI is InChI=1S/C22H19N3O4/c1-15(26)24-17-7-4-6-16(12-17)22(28)29-14-21(27)19-13-25(11-5-10-23)20-9-3-2-8-18(19)20/h2-4,6-9,12-13H,5,11,14H2,1H3,(H,24,26). The van der Waals surface area contributed by atoms with Gasteiger partial charge < -0.3 is 14.6 Å². The van der Waals surface area contributed by atoms with Gasteiger partial charge >= 0.3 is 5.97 Å².